The normalized spacial score (nSPS) is 17.1. The number of aromatic nitrogens is 4. The molecule has 214 valence electrons. The third kappa shape index (κ3) is 5.13. The number of hydrogen-bond donors (Lipinski definition) is 0. The van der Waals surface area contributed by atoms with E-state index in [1.807, 2.05) is 30.3 Å². The van der Waals surface area contributed by atoms with Crippen LogP contribution in [0.5, 0.6) is 0 Å². The number of pyridine rings is 1. The van der Waals surface area contributed by atoms with Crippen molar-refractivity contribution in [1.29, 1.82) is 0 Å². The van der Waals surface area contributed by atoms with Crippen LogP contribution in [-0.2, 0) is 6.18 Å². The highest BCUT2D eigenvalue weighted by molar-refractivity contribution is 5.93. The summed E-state index contributed by atoms with van der Waals surface area (Å²) in [4.78, 5) is 25.9. The number of rotatable bonds is 6. The van der Waals surface area contributed by atoms with Gasteiger partial charge in [-0.25, -0.2) is 4.98 Å². The molecule has 12 heteroatoms. The van der Waals surface area contributed by atoms with Gasteiger partial charge in [0.25, 0.3) is 5.91 Å². The summed E-state index contributed by atoms with van der Waals surface area (Å²) >= 11 is 0. The van der Waals surface area contributed by atoms with Gasteiger partial charge in [-0.1, -0.05) is 30.3 Å². The first-order valence-corrected chi connectivity index (χ1v) is 13.7. The Kier molecular flexibility index (Phi) is 6.49. The van der Waals surface area contributed by atoms with Crippen molar-refractivity contribution in [3.05, 3.63) is 95.5 Å². The van der Waals surface area contributed by atoms with Crippen LogP contribution in [0.2, 0.25) is 0 Å². The van der Waals surface area contributed by atoms with Gasteiger partial charge in [-0.05, 0) is 48.7 Å². The van der Waals surface area contributed by atoms with E-state index >= 15 is 0 Å². The minimum absolute atomic E-state index is 0.0825. The van der Waals surface area contributed by atoms with Crippen molar-refractivity contribution in [2.45, 2.75) is 31.0 Å². The number of oxazole rings is 1. The molecule has 1 saturated heterocycles. The van der Waals surface area contributed by atoms with Crippen LogP contribution >= 0.6 is 0 Å². The highest BCUT2D eigenvalue weighted by Crippen LogP contribution is 2.40. The van der Waals surface area contributed by atoms with E-state index in [9.17, 15) is 18.0 Å². The van der Waals surface area contributed by atoms with Gasteiger partial charge in [-0.2, -0.15) is 13.2 Å². The van der Waals surface area contributed by atoms with Gasteiger partial charge in [-0.3, -0.25) is 14.7 Å². The summed E-state index contributed by atoms with van der Waals surface area (Å²) in [5, 5.41) is 8.67. The lowest BCUT2D eigenvalue weighted by Gasteiger charge is -2.38. The van der Waals surface area contributed by atoms with Crippen molar-refractivity contribution in [3.8, 4) is 11.5 Å². The van der Waals surface area contributed by atoms with Crippen LogP contribution in [0.3, 0.4) is 0 Å². The summed E-state index contributed by atoms with van der Waals surface area (Å²) in [6.07, 6.45) is -0.884. The third-order valence-corrected chi connectivity index (χ3v) is 7.64. The van der Waals surface area contributed by atoms with E-state index in [0.29, 0.717) is 49.4 Å². The predicted octanol–water partition coefficient (Wildman–Crippen LogP) is 5.72. The average molecular weight is 575 g/mol. The number of benzene rings is 2. The molecule has 1 saturated carbocycles. The van der Waals surface area contributed by atoms with E-state index < -0.39 is 11.7 Å². The highest BCUT2D eigenvalue weighted by Gasteiger charge is 2.35. The third-order valence-electron chi connectivity index (χ3n) is 7.64. The molecule has 1 unspecified atom stereocenters. The zero-order valence-electron chi connectivity index (χ0n) is 22.3. The molecule has 2 aromatic carbocycles. The van der Waals surface area contributed by atoms with E-state index in [1.165, 1.54) is 12.3 Å². The van der Waals surface area contributed by atoms with Crippen LogP contribution in [-0.4, -0.2) is 62.1 Å². The second-order valence-electron chi connectivity index (χ2n) is 10.5. The van der Waals surface area contributed by atoms with Gasteiger partial charge < -0.3 is 13.7 Å². The lowest BCUT2D eigenvalue weighted by atomic mass is 10.0. The van der Waals surface area contributed by atoms with Crippen LogP contribution in [0.1, 0.15) is 58.2 Å². The van der Waals surface area contributed by atoms with E-state index in [1.54, 1.807) is 17.0 Å². The summed E-state index contributed by atoms with van der Waals surface area (Å²) in [7, 11) is 0. The number of amides is 1. The monoisotopic (exact) mass is 574 g/mol. The molecule has 7 rings (SSSR count). The van der Waals surface area contributed by atoms with E-state index in [4.69, 9.17) is 8.83 Å². The van der Waals surface area contributed by atoms with E-state index in [-0.39, 0.29) is 34.6 Å². The summed E-state index contributed by atoms with van der Waals surface area (Å²) < 4.78 is 51.1. The topological polar surface area (TPSA) is 101 Å². The van der Waals surface area contributed by atoms with Gasteiger partial charge in [0, 0.05) is 43.9 Å². The maximum atomic E-state index is 13.4. The van der Waals surface area contributed by atoms with Crippen molar-refractivity contribution in [2.75, 3.05) is 26.2 Å². The number of halogens is 3. The van der Waals surface area contributed by atoms with Crippen LogP contribution in [0.25, 0.3) is 22.6 Å². The molecule has 0 spiro atoms. The first-order chi connectivity index (χ1) is 20.3. The maximum absolute atomic E-state index is 13.4. The van der Waals surface area contributed by atoms with Crippen LogP contribution in [0.4, 0.5) is 13.2 Å². The lowest BCUT2D eigenvalue weighted by Crippen LogP contribution is -2.50. The summed E-state index contributed by atoms with van der Waals surface area (Å²) in [6, 6.07) is 16.1. The maximum Gasteiger partial charge on any atom is 0.416 e. The van der Waals surface area contributed by atoms with Gasteiger partial charge in [0.05, 0.1) is 5.56 Å². The molecule has 0 bridgehead atoms. The zero-order chi connectivity index (χ0) is 28.8. The number of nitrogens with zero attached hydrogens (tertiary/aromatic N) is 6. The Morgan fingerprint density at radius 3 is 2.45 bits per heavy atom. The van der Waals surface area contributed by atoms with Gasteiger partial charge in [0.1, 0.15) is 17.3 Å². The van der Waals surface area contributed by atoms with E-state index in [2.05, 4.69) is 25.1 Å². The molecule has 2 aliphatic rings. The van der Waals surface area contributed by atoms with Crippen LogP contribution < -0.4 is 0 Å². The van der Waals surface area contributed by atoms with Crippen molar-refractivity contribution in [1.82, 2.24) is 30.0 Å². The fraction of sp³-hybridized carbons (Fsp3) is 0.300. The molecule has 5 aromatic rings. The highest BCUT2D eigenvalue weighted by atomic mass is 19.4. The molecular weight excluding hydrogens is 549 g/mol. The van der Waals surface area contributed by atoms with Crippen molar-refractivity contribution in [2.24, 2.45) is 0 Å². The molecule has 42 heavy (non-hydrogen) atoms. The fourth-order valence-corrected chi connectivity index (χ4v) is 5.25. The van der Waals surface area contributed by atoms with E-state index in [0.717, 1.165) is 30.5 Å². The number of carbonyl (C=O) groups is 1. The number of carbonyl (C=O) groups excluding carboxylic acids is 1. The standard InChI is InChI=1S/C30H25F3N6O3/c31-30(32,33)21-8-9-24-22(17-21)35-26(41-24)20-10-11-34-23(16-20)29(40)39-14-12-38(13-15-39)25(18-4-2-1-3-5-18)28-37-36-27(42-28)19-6-7-19/h1-5,8-11,16-17,19,25H,6-7,12-15H2. The smallest absolute Gasteiger partial charge is 0.416 e. The predicted molar refractivity (Wildman–Crippen MR) is 144 cm³/mol. The summed E-state index contributed by atoms with van der Waals surface area (Å²) in [6.45, 7) is 2.08. The van der Waals surface area contributed by atoms with Gasteiger partial charge in [0.15, 0.2) is 5.58 Å². The largest absolute Gasteiger partial charge is 0.436 e. The average Bonchev–Trinajstić information content (AvgIpc) is 3.58. The minimum atomic E-state index is -4.49. The molecule has 0 N–H and O–H groups in total. The minimum Gasteiger partial charge on any atom is -0.436 e. The second-order valence-corrected chi connectivity index (χ2v) is 10.5. The van der Waals surface area contributed by atoms with Gasteiger partial charge in [-0.15, -0.1) is 10.2 Å². The Labute approximate surface area is 238 Å². The van der Waals surface area contributed by atoms with Gasteiger partial charge >= 0.3 is 6.18 Å². The number of hydrogen-bond acceptors (Lipinski definition) is 8. The first kappa shape index (κ1) is 26.3. The Hall–Kier alpha value is -4.58. The molecule has 3 aromatic heterocycles. The Morgan fingerprint density at radius 1 is 0.929 bits per heavy atom. The SMILES string of the molecule is O=C(c1cc(-c2nc3cc(C(F)(F)F)ccc3o2)ccn1)N1CCN(C(c2ccccc2)c2nnc(C3CC3)o2)CC1. The molecule has 2 fully saturated rings. The molecule has 4 heterocycles. The summed E-state index contributed by atoms with van der Waals surface area (Å²) in [5.74, 6) is 1.45. The molecule has 1 amide bonds. The van der Waals surface area contributed by atoms with Gasteiger partial charge in [0.2, 0.25) is 17.7 Å². The molecule has 0 radical (unpaired) electrons. The first-order valence-electron chi connectivity index (χ1n) is 13.7. The molecule has 1 aliphatic heterocycles. The van der Waals surface area contributed by atoms with Crippen molar-refractivity contribution >= 4 is 17.0 Å². The number of fused-ring (bicyclic) bond motifs is 1. The zero-order valence-corrected chi connectivity index (χ0v) is 22.3. The van der Waals surface area contributed by atoms with Crippen LogP contribution in [0.15, 0.2) is 75.7 Å². The molecule has 1 aliphatic carbocycles. The Bertz CT molecular complexity index is 1740. The second kappa shape index (κ2) is 10.4. The quantitative estimate of drug-likeness (QED) is 0.254. The van der Waals surface area contributed by atoms with Crippen molar-refractivity contribution in [3.63, 3.8) is 0 Å². The number of piperazine rings is 1. The molecular formula is C30H25F3N6O3. The fourth-order valence-electron chi connectivity index (χ4n) is 5.25. The molecule has 1 atom stereocenters. The van der Waals surface area contributed by atoms with Crippen molar-refractivity contribution < 1.29 is 26.8 Å². The number of alkyl halides is 3. The Balaban J connectivity index is 1.08. The summed E-state index contributed by atoms with van der Waals surface area (Å²) in [5.41, 5.74) is 1.18. The lowest BCUT2D eigenvalue weighted by molar-refractivity contribution is -0.137. The van der Waals surface area contributed by atoms with Crippen LogP contribution in [0, 0.1) is 0 Å². The molecule has 9 nitrogen and oxygen atoms in total. The Morgan fingerprint density at radius 2 is 1.71 bits per heavy atom.